The lowest BCUT2D eigenvalue weighted by Crippen LogP contribution is -2.37. The summed E-state index contributed by atoms with van der Waals surface area (Å²) in [7, 11) is 0. The van der Waals surface area contributed by atoms with Crippen molar-refractivity contribution < 1.29 is 4.79 Å². The minimum absolute atomic E-state index is 0.0857. The molecule has 0 bridgehead atoms. The largest absolute Gasteiger partial charge is 0.352 e. The maximum atomic E-state index is 12.3. The Kier molecular flexibility index (Phi) is 4.01. The average molecular weight is 297 g/mol. The lowest BCUT2D eigenvalue weighted by Gasteiger charge is -2.15. The Morgan fingerprint density at radius 3 is 2.73 bits per heavy atom. The molecule has 4 heteroatoms. The number of rotatable bonds is 5. The molecule has 0 spiro atoms. The molecule has 1 aliphatic carbocycles. The van der Waals surface area contributed by atoms with E-state index in [1.165, 1.54) is 5.56 Å². The quantitative estimate of drug-likeness (QED) is 0.922. The van der Waals surface area contributed by atoms with E-state index in [-0.39, 0.29) is 17.9 Å². The van der Waals surface area contributed by atoms with E-state index in [2.05, 4.69) is 28.6 Å². The van der Waals surface area contributed by atoms with Crippen LogP contribution in [0.25, 0.3) is 0 Å². The van der Waals surface area contributed by atoms with Crippen LogP contribution in [0.15, 0.2) is 36.4 Å². The minimum atomic E-state index is 0.0857. The van der Waals surface area contributed by atoms with Crippen LogP contribution in [0.1, 0.15) is 36.2 Å². The van der Waals surface area contributed by atoms with Crippen LogP contribution in [0, 0.1) is 19.8 Å². The summed E-state index contributed by atoms with van der Waals surface area (Å²) in [6.45, 7) is 6.78. The fourth-order valence-electron chi connectivity index (χ4n) is 3.07. The predicted molar refractivity (Wildman–Crippen MR) is 86.6 cm³/mol. The Hall–Kier alpha value is -2.10. The average Bonchev–Trinajstić information content (AvgIpc) is 3.22. The lowest BCUT2D eigenvalue weighted by molar-refractivity contribution is -0.123. The van der Waals surface area contributed by atoms with Crippen LogP contribution in [0.5, 0.6) is 0 Å². The van der Waals surface area contributed by atoms with Gasteiger partial charge in [0.1, 0.15) is 0 Å². The number of hydrogen-bond acceptors (Lipinski definition) is 2. The van der Waals surface area contributed by atoms with Gasteiger partial charge in [-0.1, -0.05) is 30.3 Å². The van der Waals surface area contributed by atoms with E-state index >= 15 is 0 Å². The van der Waals surface area contributed by atoms with Crippen molar-refractivity contribution in [3.05, 3.63) is 53.3 Å². The number of benzene rings is 1. The van der Waals surface area contributed by atoms with Gasteiger partial charge in [0.25, 0.3) is 0 Å². The molecule has 0 radical (unpaired) electrons. The minimum Gasteiger partial charge on any atom is -0.352 e. The zero-order valence-corrected chi connectivity index (χ0v) is 13.4. The summed E-state index contributed by atoms with van der Waals surface area (Å²) in [5, 5.41) is 7.57. The van der Waals surface area contributed by atoms with Gasteiger partial charge >= 0.3 is 0 Å². The molecule has 1 N–H and O–H groups in total. The van der Waals surface area contributed by atoms with E-state index < -0.39 is 0 Å². The zero-order chi connectivity index (χ0) is 15.7. The Balaban J connectivity index is 1.53. The van der Waals surface area contributed by atoms with Gasteiger partial charge in [0.2, 0.25) is 5.91 Å². The van der Waals surface area contributed by atoms with Crippen LogP contribution in [0.2, 0.25) is 0 Å². The Labute approximate surface area is 131 Å². The lowest BCUT2D eigenvalue weighted by atomic mass is 10.1. The van der Waals surface area contributed by atoms with Gasteiger partial charge < -0.3 is 5.32 Å². The van der Waals surface area contributed by atoms with E-state index in [0.717, 1.165) is 17.8 Å². The van der Waals surface area contributed by atoms with Crippen LogP contribution in [0.3, 0.4) is 0 Å². The molecule has 1 saturated carbocycles. The molecular weight excluding hydrogens is 274 g/mol. The Morgan fingerprint density at radius 2 is 2.09 bits per heavy atom. The van der Waals surface area contributed by atoms with E-state index in [1.54, 1.807) is 0 Å². The second kappa shape index (κ2) is 5.95. The van der Waals surface area contributed by atoms with Crippen molar-refractivity contribution in [2.24, 2.45) is 5.92 Å². The third kappa shape index (κ3) is 3.21. The molecule has 3 rings (SSSR count). The second-order valence-corrected chi connectivity index (χ2v) is 6.38. The smallest absolute Gasteiger partial charge is 0.224 e. The number of amides is 1. The predicted octanol–water partition coefficient (Wildman–Crippen LogP) is 2.81. The highest BCUT2D eigenvalue weighted by Gasteiger charge is 2.44. The summed E-state index contributed by atoms with van der Waals surface area (Å²) < 4.78 is 1.96. The Bertz CT molecular complexity index is 662. The first kappa shape index (κ1) is 14.8. The first-order chi connectivity index (χ1) is 10.5. The van der Waals surface area contributed by atoms with Crippen LogP contribution >= 0.6 is 0 Å². The van der Waals surface area contributed by atoms with Crippen molar-refractivity contribution in [3.8, 4) is 0 Å². The van der Waals surface area contributed by atoms with E-state index in [9.17, 15) is 4.79 Å². The Morgan fingerprint density at radius 1 is 1.36 bits per heavy atom. The first-order valence-electron chi connectivity index (χ1n) is 7.91. The maximum absolute atomic E-state index is 12.3. The monoisotopic (exact) mass is 297 g/mol. The molecule has 0 saturated heterocycles. The van der Waals surface area contributed by atoms with Crippen molar-refractivity contribution in [3.63, 3.8) is 0 Å². The van der Waals surface area contributed by atoms with Crippen LogP contribution < -0.4 is 5.32 Å². The van der Waals surface area contributed by atoms with Crippen molar-refractivity contribution in [2.45, 2.75) is 45.7 Å². The molecule has 2 aromatic rings. The molecule has 3 unspecified atom stereocenters. The molecule has 1 heterocycles. The summed E-state index contributed by atoms with van der Waals surface area (Å²) in [5.41, 5.74) is 3.42. The molecular formula is C18H23N3O. The van der Waals surface area contributed by atoms with E-state index in [1.807, 2.05) is 43.7 Å². The number of nitrogens with zero attached hydrogens (tertiary/aromatic N) is 2. The summed E-state index contributed by atoms with van der Waals surface area (Å²) in [5.74, 6) is 0.690. The van der Waals surface area contributed by atoms with Gasteiger partial charge in [-0.15, -0.1) is 0 Å². The molecule has 22 heavy (non-hydrogen) atoms. The summed E-state index contributed by atoms with van der Waals surface area (Å²) in [6.07, 6.45) is 0.961. The van der Waals surface area contributed by atoms with Crippen LogP contribution in [-0.2, 0) is 11.3 Å². The summed E-state index contributed by atoms with van der Waals surface area (Å²) >= 11 is 0. The standard InChI is InChI=1S/C18H23N3O/c1-12-9-14(3)21(20-12)11-13(2)19-18(22)17-10-16(17)15-7-5-4-6-8-15/h4-9,13,16-17H,10-11H2,1-3H3,(H,19,22). The topological polar surface area (TPSA) is 46.9 Å². The van der Waals surface area contributed by atoms with Gasteiger partial charge in [0.05, 0.1) is 12.2 Å². The molecule has 1 amide bonds. The van der Waals surface area contributed by atoms with Gasteiger partial charge in [0, 0.05) is 17.7 Å². The number of aromatic nitrogens is 2. The zero-order valence-electron chi connectivity index (χ0n) is 13.4. The molecule has 1 aliphatic rings. The summed E-state index contributed by atoms with van der Waals surface area (Å²) in [4.78, 5) is 12.3. The van der Waals surface area contributed by atoms with Crippen molar-refractivity contribution in [1.82, 2.24) is 15.1 Å². The van der Waals surface area contributed by atoms with Gasteiger partial charge in [-0.05, 0) is 44.7 Å². The highest BCUT2D eigenvalue weighted by atomic mass is 16.2. The van der Waals surface area contributed by atoms with Crippen molar-refractivity contribution in [1.29, 1.82) is 0 Å². The summed E-state index contributed by atoms with van der Waals surface area (Å²) in [6, 6.07) is 12.4. The van der Waals surface area contributed by atoms with Gasteiger partial charge in [0.15, 0.2) is 0 Å². The van der Waals surface area contributed by atoms with E-state index in [0.29, 0.717) is 12.5 Å². The molecule has 116 valence electrons. The highest BCUT2D eigenvalue weighted by molar-refractivity contribution is 5.83. The number of carbonyl (C=O) groups excluding carboxylic acids is 1. The third-order valence-corrected chi connectivity index (χ3v) is 4.29. The molecule has 4 nitrogen and oxygen atoms in total. The number of nitrogens with one attached hydrogen (secondary N) is 1. The molecule has 3 atom stereocenters. The fraction of sp³-hybridized carbons (Fsp3) is 0.444. The third-order valence-electron chi connectivity index (χ3n) is 4.29. The number of carbonyl (C=O) groups is 1. The van der Waals surface area contributed by atoms with Gasteiger partial charge in [-0.2, -0.15) is 5.10 Å². The molecule has 1 fully saturated rings. The SMILES string of the molecule is Cc1cc(C)n(CC(C)NC(=O)C2CC2c2ccccc2)n1. The molecule has 0 aliphatic heterocycles. The first-order valence-corrected chi connectivity index (χ1v) is 7.91. The highest BCUT2D eigenvalue weighted by Crippen LogP contribution is 2.47. The second-order valence-electron chi connectivity index (χ2n) is 6.38. The van der Waals surface area contributed by atoms with Crippen molar-refractivity contribution in [2.75, 3.05) is 0 Å². The fourth-order valence-corrected chi connectivity index (χ4v) is 3.07. The maximum Gasteiger partial charge on any atom is 0.224 e. The van der Waals surface area contributed by atoms with Gasteiger partial charge in [-0.3, -0.25) is 9.48 Å². The normalized spacial score (nSPS) is 21.4. The van der Waals surface area contributed by atoms with Crippen LogP contribution in [0.4, 0.5) is 0 Å². The van der Waals surface area contributed by atoms with Crippen LogP contribution in [-0.4, -0.2) is 21.7 Å². The van der Waals surface area contributed by atoms with E-state index in [4.69, 9.17) is 0 Å². The number of aryl methyl sites for hydroxylation is 2. The van der Waals surface area contributed by atoms with Gasteiger partial charge in [-0.25, -0.2) is 0 Å². The van der Waals surface area contributed by atoms with Crippen molar-refractivity contribution >= 4 is 5.91 Å². The number of hydrogen-bond donors (Lipinski definition) is 1. The molecule has 1 aromatic carbocycles. The molecule has 1 aromatic heterocycles.